The summed E-state index contributed by atoms with van der Waals surface area (Å²) < 4.78 is 0. The van der Waals surface area contributed by atoms with E-state index in [4.69, 9.17) is 0 Å². The summed E-state index contributed by atoms with van der Waals surface area (Å²) in [5, 5.41) is 0. The summed E-state index contributed by atoms with van der Waals surface area (Å²) in [6.45, 7) is 35.8. The predicted octanol–water partition coefficient (Wildman–Crippen LogP) is 18.1. The smallest absolute Gasteiger partial charge is 0.252 e. The van der Waals surface area contributed by atoms with Crippen molar-refractivity contribution in [3.8, 4) is 33.4 Å². The van der Waals surface area contributed by atoms with Crippen LogP contribution in [0.1, 0.15) is 156 Å². The minimum absolute atomic E-state index is 0.00406. The Kier molecular flexibility index (Phi) is 11.7. The zero-order chi connectivity index (χ0) is 52.4. The number of benzene rings is 8. The van der Waals surface area contributed by atoms with Gasteiger partial charge in [-0.05, 0) is 190 Å². The van der Waals surface area contributed by atoms with Gasteiger partial charge in [-0.1, -0.05) is 201 Å². The number of anilines is 6. The van der Waals surface area contributed by atoms with Crippen LogP contribution in [0.4, 0.5) is 34.1 Å². The van der Waals surface area contributed by atoms with Crippen molar-refractivity contribution in [3.63, 3.8) is 0 Å². The van der Waals surface area contributed by atoms with Crippen LogP contribution in [0.2, 0.25) is 0 Å². The van der Waals surface area contributed by atoms with E-state index in [9.17, 15) is 0 Å². The van der Waals surface area contributed by atoms with E-state index in [1.54, 1.807) is 0 Å². The molecule has 74 heavy (non-hydrogen) atoms. The maximum absolute atomic E-state index is 2.73. The van der Waals surface area contributed by atoms with E-state index >= 15 is 0 Å². The van der Waals surface area contributed by atoms with Crippen molar-refractivity contribution in [1.29, 1.82) is 0 Å². The van der Waals surface area contributed by atoms with E-state index in [-0.39, 0.29) is 39.7 Å². The molecule has 3 heteroatoms. The molecule has 0 fully saturated rings. The highest BCUT2D eigenvalue weighted by atomic mass is 15.2. The molecular formula is C71H77BN2. The lowest BCUT2D eigenvalue weighted by atomic mass is 9.33. The number of fused-ring (bicyclic) bond motifs is 5. The van der Waals surface area contributed by atoms with E-state index in [2.05, 4.69) is 277 Å². The Morgan fingerprint density at radius 2 is 0.865 bits per heavy atom. The lowest BCUT2D eigenvalue weighted by Crippen LogP contribution is -2.62. The maximum atomic E-state index is 2.73. The van der Waals surface area contributed by atoms with Crippen molar-refractivity contribution < 1.29 is 0 Å². The molecule has 3 aliphatic rings. The third-order valence-corrected chi connectivity index (χ3v) is 17.1. The van der Waals surface area contributed by atoms with Gasteiger partial charge in [-0.3, -0.25) is 0 Å². The van der Waals surface area contributed by atoms with Crippen LogP contribution in [-0.4, -0.2) is 6.71 Å². The summed E-state index contributed by atoms with van der Waals surface area (Å²) in [7, 11) is 0. The molecule has 0 atom stereocenters. The van der Waals surface area contributed by atoms with Gasteiger partial charge in [0.15, 0.2) is 0 Å². The Morgan fingerprint density at radius 1 is 0.405 bits per heavy atom. The highest BCUT2D eigenvalue weighted by molar-refractivity contribution is 7.00. The molecule has 2 heterocycles. The van der Waals surface area contributed by atoms with Crippen LogP contribution < -0.4 is 26.2 Å². The standard InChI is InChI=1S/C71H77BN2/c1-45(2)48-39-64-66-65(40-48)74(61-32-28-53(68(6,7)8)41-56(61)51-37-49(46-22-18-16-19-23-46)36-50(38-51)47-24-20-17-21-25-47)63-44-58-57(70(12,13)34-35-71(58,14)15)43-60(63)72(66)59-42-54(69(9,10)11)29-33-62(59)73(64)55-30-26-52(27-31-55)67(3,4)5/h16-33,36-45H,34-35H2,1-15H3. The van der Waals surface area contributed by atoms with Gasteiger partial charge in [0.25, 0.3) is 6.71 Å². The van der Waals surface area contributed by atoms with Crippen molar-refractivity contribution in [2.45, 2.75) is 150 Å². The Balaban J connectivity index is 1.29. The molecule has 0 bridgehead atoms. The number of rotatable bonds is 6. The highest BCUT2D eigenvalue weighted by Crippen LogP contribution is 2.53. The molecule has 0 aromatic heterocycles. The van der Waals surface area contributed by atoms with Crippen molar-refractivity contribution in [2.75, 3.05) is 9.80 Å². The molecule has 0 unspecified atom stereocenters. The SMILES string of the molecule is CC(C)c1cc2c3c(c1)N(c1ccc(C(C)(C)C)cc1-c1cc(-c4ccccc4)cc(-c4ccccc4)c1)c1cc4c(cc1B3c1cc(C(C)(C)C)ccc1N2c1ccc(C(C)(C)C)cc1)C(C)(C)CCC4(C)C. The number of hydrogen-bond donors (Lipinski definition) is 0. The van der Waals surface area contributed by atoms with Crippen LogP contribution in [0.25, 0.3) is 33.4 Å². The minimum atomic E-state index is -0.0829. The van der Waals surface area contributed by atoms with Crippen molar-refractivity contribution in [2.24, 2.45) is 0 Å². The fourth-order valence-electron chi connectivity index (χ4n) is 12.3. The van der Waals surface area contributed by atoms with E-state index in [1.807, 2.05) is 0 Å². The van der Waals surface area contributed by atoms with E-state index in [0.717, 1.165) is 12.8 Å². The summed E-state index contributed by atoms with van der Waals surface area (Å²) >= 11 is 0. The molecule has 0 N–H and O–H groups in total. The molecule has 0 radical (unpaired) electrons. The van der Waals surface area contributed by atoms with Crippen molar-refractivity contribution >= 4 is 57.2 Å². The number of hydrogen-bond acceptors (Lipinski definition) is 2. The molecule has 8 aromatic carbocycles. The van der Waals surface area contributed by atoms with E-state index in [1.165, 1.54) is 117 Å². The Labute approximate surface area is 445 Å². The van der Waals surface area contributed by atoms with Crippen LogP contribution in [0, 0.1) is 0 Å². The Bertz CT molecular complexity index is 3410. The molecule has 8 aromatic rings. The largest absolute Gasteiger partial charge is 0.311 e. The molecule has 0 spiro atoms. The average molecular weight is 969 g/mol. The second-order valence-corrected chi connectivity index (χ2v) is 26.8. The van der Waals surface area contributed by atoms with Gasteiger partial charge in [0.1, 0.15) is 0 Å². The van der Waals surface area contributed by atoms with Gasteiger partial charge in [0.05, 0.1) is 5.69 Å². The third kappa shape index (κ3) is 8.53. The molecule has 1 aliphatic carbocycles. The summed E-state index contributed by atoms with van der Waals surface area (Å²) in [5.74, 6) is 0.287. The van der Waals surface area contributed by atoms with E-state index < -0.39 is 0 Å². The van der Waals surface area contributed by atoms with Gasteiger partial charge in [-0.15, -0.1) is 0 Å². The molecule has 0 saturated carbocycles. The van der Waals surface area contributed by atoms with Crippen LogP contribution >= 0.6 is 0 Å². The van der Waals surface area contributed by atoms with Gasteiger partial charge >= 0.3 is 0 Å². The highest BCUT2D eigenvalue weighted by Gasteiger charge is 2.47. The first-order chi connectivity index (χ1) is 34.9. The first-order valence-corrected chi connectivity index (χ1v) is 27.5. The molecule has 374 valence electrons. The molecule has 0 saturated heterocycles. The zero-order valence-corrected chi connectivity index (χ0v) is 47.1. The van der Waals surface area contributed by atoms with Gasteiger partial charge < -0.3 is 9.80 Å². The Hall–Kier alpha value is -6.58. The summed E-state index contributed by atoms with van der Waals surface area (Å²) in [4.78, 5) is 5.34. The zero-order valence-electron chi connectivity index (χ0n) is 47.1. The van der Waals surface area contributed by atoms with Crippen LogP contribution in [-0.2, 0) is 27.1 Å². The molecule has 2 nitrogen and oxygen atoms in total. The monoisotopic (exact) mass is 969 g/mol. The van der Waals surface area contributed by atoms with Crippen molar-refractivity contribution in [3.05, 3.63) is 197 Å². The first-order valence-electron chi connectivity index (χ1n) is 27.5. The number of nitrogens with zero attached hydrogens (tertiary/aromatic N) is 2. The predicted molar refractivity (Wildman–Crippen MR) is 322 cm³/mol. The fraction of sp³-hybridized carbons (Fsp3) is 0.324. The minimum Gasteiger partial charge on any atom is -0.311 e. The van der Waals surface area contributed by atoms with E-state index in [0.29, 0.717) is 0 Å². The summed E-state index contributed by atoms with van der Waals surface area (Å²) in [5.41, 5.74) is 27.2. The quantitative estimate of drug-likeness (QED) is 0.153. The molecule has 0 amide bonds. The molecule has 11 rings (SSSR count). The normalized spacial score (nSPS) is 15.6. The van der Waals surface area contributed by atoms with Gasteiger partial charge in [0, 0.05) is 34.0 Å². The van der Waals surface area contributed by atoms with Gasteiger partial charge in [0.2, 0.25) is 0 Å². The lowest BCUT2D eigenvalue weighted by molar-refractivity contribution is 0.332. The van der Waals surface area contributed by atoms with Crippen LogP contribution in [0.5, 0.6) is 0 Å². The molecule has 2 aliphatic heterocycles. The fourth-order valence-corrected chi connectivity index (χ4v) is 12.3. The topological polar surface area (TPSA) is 6.48 Å². The maximum Gasteiger partial charge on any atom is 0.252 e. The Morgan fingerprint density at radius 3 is 1.39 bits per heavy atom. The second-order valence-electron chi connectivity index (χ2n) is 26.8. The average Bonchev–Trinajstić information content (AvgIpc) is 3.36. The van der Waals surface area contributed by atoms with Gasteiger partial charge in [-0.2, -0.15) is 0 Å². The summed E-state index contributed by atoms with van der Waals surface area (Å²) in [6, 6.07) is 64.0. The van der Waals surface area contributed by atoms with Crippen molar-refractivity contribution in [1.82, 2.24) is 0 Å². The van der Waals surface area contributed by atoms with Crippen LogP contribution in [0.15, 0.2) is 164 Å². The lowest BCUT2D eigenvalue weighted by Gasteiger charge is -2.48. The second kappa shape index (κ2) is 17.5. The van der Waals surface area contributed by atoms with Crippen LogP contribution in [0.3, 0.4) is 0 Å². The summed E-state index contributed by atoms with van der Waals surface area (Å²) in [6.07, 6.45) is 2.30. The third-order valence-electron chi connectivity index (χ3n) is 17.1. The first kappa shape index (κ1) is 49.6. The molecular weight excluding hydrogens is 892 g/mol. The van der Waals surface area contributed by atoms with Gasteiger partial charge in [-0.25, -0.2) is 0 Å².